The number of hydrogen-bond donors (Lipinski definition) is 3. The molecule has 0 aliphatic heterocycles. The minimum absolute atomic E-state index is 0.0200. The largest absolute Gasteiger partial charge is 0.338 e. The number of hydrogen-bond acceptors (Lipinski definition) is 5. The lowest BCUT2D eigenvalue weighted by Crippen LogP contribution is -2.19. The van der Waals surface area contributed by atoms with E-state index in [4.69, 9.17) is 0 Å². The molecule has 6 rings (SSSR count). The predicted octanol–water partition coefficient (Wildman–Crippen LogP) is 7.27. The van der Waals surface area contributed by atoms with Crippen LogP contribution >= 0.6 is 11.3 Å². The first-order valence-corrected chi connectivity index (χ1v) is 13.0. The Hall–Kier alpha value is -4.30. The van der Waals surface area contributed by atoms with Gasteiger partial charge in [-0.15, -0.1) is 11.3 Å². The van der Waals surface area contributed by atoms with Crippen LogP contribution in [0.5, 0.6) is 0 Å². The first kappa shape index (κ1) is 23.1. The predicted molar refractivity (Wildman–Crippen MR) is 150 cm³/mol. The van der Waals surface area contributed by atoms with E-state index in [0.29, 0.717) is 12.1 Å². The summed E-state index contributed by atoms with van der Waals surface area (Å²) in [5, 5.41) is 14.9. The molecule has 0 bridgehead atoms. The van der Waals surface area contributed by atoms with Gasteiger partial charge in [0.05, 0.1) is 23.1 Å². The summed E-state index contributed by atoms with van der Waals surface area (Å²) in [5.41, 5.74) is 7.15. The van der Waals surface area contributed by atoms with Crippen LogP contribution in [0.4, 0.5) is 5.69 Å². The molecule has 0 atom stereocenters. The Balaban J connectivity index is 1.36. The van der Waals surface area contributed by atoms with Crippen molar-refractivity contribution >= 4 is 44.9 Å². The van der Waals surface area contributed by atoms with Crippen LogP contribution in [0.2, 0.25) is 0 Å². The lowest BCUT2D eigenvalue weighted by atomic mass is 9.92. The van der Waals surface area contributed by atoms with Crippen LogP contribution in [0.3, 0.4) is 0 Å². The highest BCUT2D eigenvalue weighted by atomic mass is 32.1. The number of carbonyl (C=O) groups is 1. The number of pyridine rings is 2. The number of aromatic amines is 2. The van der Waals surface area contributed by atoms with Crippen molar-refractivity contribution in [2.24, 2.45) is 5.41 Å². The number of aromatic nitrogens is 5. The zero-order valence-electron chi connectivity index (χ0n) is 20.8. The molecule has 0 unspecified atom stereocenters. The van der Waals surface area contributed by atoms with E-state index in [1.54, 1.807) is 23.7 Å². The van der Waals surface area contributed by atoms with Gasteiger partial charge >= 0.3 is 0 Å². The van der Waals surface area contributed by atoms with Crippen molar-refractivity contribution in [1.82, 2.24) is 25.1 Å². The van der Waals surface area contributed by atoms with Crippen molar-refractivity contribution in [3.63, 3.8) is 0 Å². The summed E-state index contributed by atoms with van der Waals surface area (Å²) in [5.74, 6) is -0.0200. The van der Waals surface area contributed by atoms with E-state index >= 15 is 0 Å². The molecule has 0 saturated heterocycles. The van der Waals surface area contributed by atoms with E-state index < -0.39 is 0 Å². The summed E-state index contributed by atoms with van der Waals surface area (Å²) in [6, 6.07) is 16.4. The van der Waals surface area contributed by atoms with E-state index in [9.17, 15) is 4.79 Å². The second kappa shape index (κ2) is 8.97. The summed E-state index contributed by atoms with van der Waals surface area (Å²) in [6.45, 7) is 6.14. The molecule has 37 heavy (non-hydrogen) atoms. The van der Waals surface area contributed by atoms with Gasteiger partial charge in [-0.2, -0.15) is 5.10 Å². The molecule has 0 spiro atoms. The van der Waals surface area contributed by atoms with Crippen LogP contribution in [0.15, 0.2) is 72.5 Å². The van der Waals surface area contributed by atoms with Gasteiger partial charge in [0.1, 0.15) is 11.3 Å². The minimum Gasteiger partial charge on any atom is -0.338 e. The van der Waals surface area contributed by atoms with E-state index in [1.165, 1.54) is 4.88 Å². The Labute approximate surface area is 218 Å². The SMILES string of the molecule is CC(C)(C)CC(=O)Nc1cncc(-c2ccc3[nH]nc(-c4cc5c(-c6cccs6)ccnc5[nH]4)c3c2)c1. The number of benzene rings is 1. The molecule has 0 aliphatic carbocycles. The fourth-order valence-corrected chi connectivity index (χ4v) is 5.32. The third-order valence-corrected chi connectivity index (χ3v) is 7.09. The molecule has 184 valence electrons. The average Bonchev–Trinajstić information content (AvgIpc) is 3.61. The van der Waals surface area contributed by atoms with Crippen molar-refractivity contribution in [1.29, 1.82) is 0 Å². The van der Waals surface area contributed by atoms with E-state index in [2.05, 4.69) is 60.1 Å². The maximum atomic E-state index is 12.4. The third kappa shape index (κ3) is 4.63. The Morgan fingerprint density at radius 2 is 1.92 bits per heavy atom. The van der Waals surface area contributed by atoms with E-state index in [-0.39, 0.29) is 11.3 Å². The summed E-state index contributed by atoms with van der Waals surface area (Å²) < 4.78 is 0. The number of carbonyl (C=O) groups excluding carboxylic acids is 1. The van der Waals surface area contributed by atoms with Crippen LogP contribution in [0.25, 0.3) is 54.9 Å². The van der Waals surface area contributed by atoms with Crippen molar-refractivity contribution < 1.29 is 4.79 Å². The van der Waals surface area contributed by atoms with Crippen molar-refractivity contribution in [2.75, 3.05) is 5.32 Å². The summed E-state index contributed by atoms with van der Waals surface area (Å²) in [4.78, 5) is 26.0. The standard InChI is InChI=1S/C29H26N6OS/c1-29(2,3)14-26(36)32-19-11-18(15-30-16-19)17-6-7-23-22(12-17)27(35-34-23)24-13-21-20(25-5-4-10-37-25)8-9-31-28(21)33-24/h4-13,15-16H,14H2,1-3H3,(H,31,33)(H,32,36)(H,34,35). The van der Waals surface area contributed by atoms with Gasteiger partial charge in [0.25, 0.3) is 0 Å². The van der Waals surface area contributed by atoms with Crippen molar-refractivity contribution in [2.45, 2.75) is 27.2 Å². The van der Waals surface area contributed by atoms with E-state index in [0.717, 1.165) is 50.0 Å². The maximum Gasteiger partial charge on any atom is 0.224 e. The number of fused-ring (bicyclic) bond motifs is 2. The summed E-state index contributed by atoms with van der Waals surface area (Å²) in [6.07, 6.45) is 5.75. The highest BCUT2D eigenvalue weighted by molar-refractivity contribution is 7.13. The molecule has 5 heterocycles. The Kier molecular flexibility index (Phi) is 5.61. The molecular weight excluding hydrogens is 480 g/mol. The topological polar surface area (TPSA) is 99.3 Å². The Morgan fingerprint density at radius 3 is 2.73 bits per heavy atom. The minimum atomic E-state index is -0.0828. The molecule has 7 nitrogen and oxygen atoms in total. The molecule has 1 amide bonds. The zero-order chi connectivity index (χ0) is 25.6. The molecule has 0 fully saturated rings. The number of amides is 1. The first-order valence-electron chi connectivity index (χ1n) is 12.1. The van der Waals surface area contributed by atoms with Gasteiger partial charge < -0.3 is 10.3 Å². The van der Waals surface area contributed by atoms with Crippen molar-refractivity contribution in [3.05, 3.63) is 72.5 Å². The average molecular weight is 507 g/mol. The van der Waals surface area contributed by atoms with E-state index in [1.807, 2.05) is 51.2 Å². The molecular formula is C29H26N6OS. The number of thiophene rings is 1. The number of anilines is 1. The Morgan fingerprint density at radius 1 is 1.03 bits per heavy atom. The van der Waals surface area contributed by atoms with Gasteiger partial charge in [0.15, 0.2) is 0 Å². The van der Waals surface area contributed by atoms with Gasteiger partial charge in [-0.05, 0) is 52.8 Å². The van der Waals surface area contributed by atoms with Crippen LogP contribution in [-0.2, 0) is 4.79 Å². The third-order valence-electron chi connectivity index (χ3n) is 6.18. The lowest BCUT2D eigenvalue weighted by Gasteiger charge is -2.17. The molecule has 6 aromatic rings. The molecule has 8 heteroatoms. The number of nitrogens with zero attached hydrogens (tertiary/aromatic N) is 3. The van der Waals surface area contributed by atoms with Crippen LogP contribution < -0.4 is 5.32 Å². The monoisotopic (exact) mass is 506 g/mol. The highest BCUT2D eigenvalue weighted by Crippen LogP contribution is 2.36. The van der Waals surface area contributed by atoms with Gasteiger partial charge in [0.2, 0.25) is 5.91 Å². The Bertz CT molecular complexity index is 1740. The zero-order valence-corrected chi connectivity index (χ0v) is 21.6. The fourth-order valence-electron chi connectivity index (χ4n) is 4.55. The maximum absolute atomic E-state index is 12.4. The molecule has 3 N–H and O–H groups in total. The summed E-state index contributed by atoms with van der Waals surface area (Å²) >= 11 is 1.71. The van der Waals surface area contributed by atoms with Crippen LogP contribution in [0.1, 0.15) is 27.2 Å². The molecule has 0 aliphatic rings. The highest BCUT2D eigenvalue weighted by Gasteiger charge is 2.17. The number of nitrogens with one attached hydrogen (secondary N) is 3. The van der Waals surface area contributed by atoms with Gasteiger partial charge in [-0.1, -0.05) is 32.9 Å². The van der Waals surface area contributed by atoms with Gasteiger partial charge in [-0.3, -0.25) is 14.9 Å². The fraction of sp³-hybridized carbons (Fsp3) is 0.172. The molecule has 5 aromatic heterocycles. The van der Waals surface area contributed by atoms with Crippen LogP contribution in [-0.4, -0.2) is 31.1 Å². The number of rotatable bonds is 5. The lowest BCUT2D eigenvalue weighted by molar-refractivity contribution is -0.117. The first-order chi connectivity index (χ1) is 17.8. The second-order valence-electron chi connectivity index (χ2n) is 10.4. The second-order valence-corrected chi connectivity index (χ2v) is 11.3. The summed E-state index contributed by atoms with van der Waals surface area (Å²) in [7, 11) is 0. The molecule has 0 radical (unpaired) electrons. The molecule has 0 saturated carbocycles. The number of H-pyrrole nitrogens is 2. The quantitative estimate of drug-likeness (QED) is 0.229. The van der Waals surface area contributed by atoms with Gasteiger partial charge in [0, 0.05) is 45.6 Å². The molecule has 1 aromatic carbocycles. The smallest absolute Gasteiger partial charge is 0.224 e. The van der Waals surface area contributed by atoms with Gasteiger partial charge in [-0.25, -0.2) is 4.98 Å². The van der Waals surface area contributed by atoms with Crippen LogP contribution in [0, 0.1) is 5.41 Å². The normalized spacial score (nSPS) is 11.9. The van der Waals surface area contributed by atoms with Crippen molar-refractivity contribution in [3.8, 4) is 33.0 Å².